The van der Waals surface area contributed by atoms with E-state index >= 15 is 0 Å². The molecule has 3 aromatic carbocycles. The van der Waals surface area contributed by atoms with Gasteiger partial charge in [-0.1, -0.05) is 84.0 Å². The van der Waals surface area contributed by atoms with Crippen LogP contribution < -0.4 is 5.32 Å². The van der Waals surface area contributed by atoms with E-state index in [0.29, 0.717) is 36.4 Å². The van der Waals surface area contributed by atoms with Crippen LogP contribution in [0.4, 0.5) is 10.5 Å². The van der Waals surface area contributed by atoms with Crippen molar-refractivity contribution in [2.75, 3.05) is 11.9 Å². The average Bonchev–Trinajstić information content (AvgIpc) is 3.64. The van der Waals surface area contributed by atoms with E-state index in [1.54, 1.807) is 6.92 Å². The van der Waals surface area contributed by atoms with Crippen molar-refractivity contribution >= 4 is 17.7 Å². The van der Waals surface area contributed by atoms with Crippen LogP contribution in [0.2, 0.25) is 0 Å². The summed E-state index contributed by atoms with van der Waals surface area (Å²) in [6, 6.07) is 25.3. The second-order valence-corrected chi connectivity index (χ2v) is 9.00. The minimum Gasteiger partial charge on any atom is -0.481 e. The fraction of sp³-hybridized carbons (Fsp3) is 0.207. The van der Waals surface area contributed by atoms with Gasteiger partial charge in [-0.2, -0.15) is 0 Å². The van der Waals surface area contributed by atoms with E-state index in [2.05, 4.69) is 10.5 Å². The molecule has 0 radical (unpaired) electrons. The second-order valence-electron chi connectivity index (χ2n) is 9.00. The number of carboxylic acid groups (broad SMARTS) is 1. The number of aromatic nitrogens is 1. The molecule has 4 aromatic rings. The Bertz CT molecular complexity index is 1370. The fourth-order valence-electron chi connectivity index (χ4n) is 4.31. The van der Waals surface area contributed by atoms with E-state index in [4.69, 9.17) is 9.26 Å². The summed E-state index contributed by atoms with van der Waals surface area (Å²) in [7, 11) is 0. The van der Waals surface area contributed by atoms with E-state index < -0.39 is 17.5 Å². The van der Waals surface area contributed by atoms with Crippen molar-refractivity contribution < 1.29 is 24.0 Å². The van der Waals surface area contributed by atoms with Gasteiger partial charge in [0, 0.05) is 12.0 Å². The highest BCUT2D eigenvalue weighted by atomic mass is 16.5. The van der Waals surface area contributed by atoms with Gasteiger partial charge in [0.05, 0.1) is 12.0 Å². The van der Waals surface area contributed by atoms with Crippen LogP contribution in [0.15, 0.2) is 83.4 Å². The summed E-state index contributed by atoms with van der Waals surface area (Å²) in [6.45, 7) is 1.99. The monoisotopic (exact) mass is 482 g/mol. The lowest BCUT2D eigenvalue weighted by atomic mass is 9.93. The normalized spacial score (nSPS) is 13.7. The number of nitrogens with zero attached hydrogens (tertiary/aromatic N) is 1. The molecule has 2 N–H and O–H groups in total. The van der Waals surface area contributed by atoms with Crippen LogP contribution in [0.1, 0.15) is 29.7 Å². The first kappa shape index (κ1) is 23.4. The molecule has 5 rings (SSSR count). The molecule has 182 valence electrons. The van der Waals surface area contributed by atoms with E-state index in [0.717, 1.165) is 27.8 Å². The zero-order chi connectivity index (χ0) is 25.1. The third kappa shape index (κ3) is 4.73. The van der Waals surface area contributed by atoms with Gasteiger partial charge < -0.3 is 14.4 Å². The third-order valence-corrected chi connectivity index (χ3v) is 6.65. The van der Waals surface area contributed by atoms with Gasteiger partial charge in [0.1, 0.15) is 11.4 Å². The maximum atomic E-state index is 12.4. The number of hydrogen-bond acceptors (Lipinski definition) is 5. The van der Waals surface area contributed by atoms with Gasteiger partial charge in [0.25, 0.3) is 0 Å². The first-order chi connectivity index (χ1) is 17.5. The lowest BCUT2D eigenvalue weighted by Crippen LogP contribution is -2.19. The molecule has 1 aliphatic rings. The molecule has 7 nitrogen and oxygen atoms in total. The number of amides is 1. The third-order valence-electron chi connectivity index (χ3n) is 6.65. The average molecular weight is 483 g/mol. The predicted octanol–water partition coefficient (Wildman–Crippen LogP) is 6.22. The molecule has 1 fully saturated rings. The molecule has 1 aliphatic carbocycles. The Hall–Kier alpha value is -4.39. The van der Waals surface area contributed by atoms with Crippen molar-refractivity contribution in [1.82, 2.24) is 5.16 Å². The van der Waals surface area contributed by atoms with Crippen molar-refractivity contribution in [3.63, 3.8) is 0 Å². The number of rotatable bonds is 8. The molecule has 0 bridgehead atoms. The number of aliphatic carboxylic acids is 1. The largest absolute Gasteiger partial charge is 0.481 e. The number of aryl methyl sites for hydroxylation is 1. The molecule has 0 saturated heterocycles. The van der Waals surface area contributed by atoms with E-state index in [-0.39, 0.29) is 6.61 Å². The topological polar surface area (TPSA) is 102 Å². The highest BCUT2D eigenvalue weighted by molar-refractivity contribution is 5.91. The molecule has 1 aromatic heterocycles. The number of nitrogens with one attached hydrogen (secondary N) is 1. The summed E-state index contributed by atoms with van der Waals surface area (Å²) >= 11 is 0. The summed E-state index contributed by atoms with van der Waals surface area (Å²) in [6.07, 6.45) is 1.43. The highest BCUT2D eigenvalue weighted by Gasteiger charge is 2.51. The number of benzene rings is 3. The van der Waals surface area contributed by atoms with Gasteiger partial charge in [-0.3, -0.25) is 10.1 Å². The molecule has 0 atom stereocenters. The van der Waals surface area contributed by atoms with Crippen LogP contribution in [0, 0.1) is 6.92 Å². The smallest absolute Gasteiger partial charge is 0.411 e. The fourth-order valence-corrected chi connectivity index (χ4v) is 4.31. The van der Waals surface area contributed by atoms with Crippen LogP contribution in [-0.4, -0.2) is 28.9 Å². The zero-order valence-electron chi connectivity index (χ0n) is 19.9. The Morgan fingerprint density at radius 3 is 2.17 bits per heavy atom. The van der Waals surface area contributed by atoms with Crippen molar-refractivity contribution in [1.29, 1.82) is 0 Å². The predicted molar refractivity (Wildman–Crippen MR) is 136 cm³/mol. The van der Waals surface area contributed by atoms with Crippen LogP contribution in [0.5, 0.6) is 0 Å². The SMILES string of the molecule is Cc1onc(-c2ccc(-c3ccc(C4(C(=O)O)CC4)cc3)cc2)c1NC(=O)OCCc1ccccc1. The highest BCUT2D eigenvalue weighted by Crippen LogP contribution is 2.48. The number of anilines is 1. The molecule has 0 spiro atoms. The Morgan fingerprint density at radius 2 is 1.56 bits per heavy atom. The molecule has 0 aliphatic heterocycles. The number of carbonyl (C=O) groups is 2. The first-order valence-electron chi connectivity index (χ1n) is 11.8. The van der Waals surface area contributed by atoms with Gasteiger partial charge in [0.2, 0.25) is 0 Å². The number of carboxylic acids is 1. The maximum Gasteiger partial charge on any atom is 0.411 e. The van der Waals surface area contributed by atoms with E-state index in [1.165, 1.54) is 0 Å². The lowest BCUT2D eigenvalue weighted by molar-refractivity contribution is -0.140. The van der Waals surface area contributed by atoms with Crippen LogP contribution in [-0.2, 0) is 21.4 Å². The minimum absolute atomic E-state index is 0.260. The van der Waals surface area contributed by atoms with Gasteiger partial charge in [0.15, 0.2) is 5.76 Å². The van der Waals surface area contributed by atoms with Crippen LogP contribution >= 0.6 is 0 Å². The molecular formula is C29H26N2O5. The quantitative estimate of drug-likeness (QED) is 0.309. The molecule has 0 unspecified atom stereocenters. The molecule has 36 heavy (non-hydrogen) atoms. The van der Waals surface area contributed by atoms with Crippen molar-refractivity contribution in [2.45, 2.75) is 31.6 Å². The Morgan fingerprint density at radius 1 is 0.944 bits per heavy atom. The van der Waals surface area contributed by atoms with E-state index in [1.807, 2.05) is 78.9 Å². The Labute approximate surface area is 208 Å². The summed E-state index contributed by atoms with van der Waals surface area (Å²) in [5, 5.41) is 16.4. The maximum absolute atomic E-state index is 12.4. The number of hydrogen-bond donors (Lipinski definition) is 2. The van der Waals surface area contributed by atoms with Gasteiger partial charge in [-0.25, -0.2) is 4.79 Å². The first-order valence-corrected chi connectivity index (χ1v) is 11.8. The number of ether oxygens (including phenoxy) is 1. The lowest BCUT2D eigenvalue weighted by Gasteiger charge is -2.11. The molecule has 7 heteroatoms. The van der Waals surface area contributed by atoms with Gasteiger partial charge in [-0.05, 0) is 42.0 Å². The van der Waals surface area contributed by atoms with Gasteiger partial charge >= 0.3 is 12.1 Å². The van der Waals surface area contributed by atoms with Crippen molar-refractivity contribution in [3.8, 4) is 22.4 Å². The molecule has 1 amide bonds. The Kier molecular flexibility index (Phi) is 6.29. The van der Waals surface area contributed by atoms with Gasteiger partial charge in [-0.15, -0.1) is 0 Å². The minimum atomic E-state index is -0.757. The van der Waals surface area contributed by atoms with Crippen molar-refractivity contribution in [2.24, 2.45) is 0 Å². The second kappa shape index (κ2) is 9.70. The van der Waals surface area contributed by atoms with Crippen LogP contribution in [0.25, 0.3) is 22.4 Å². The summed E-state index contributed by atoms with van der Waals surface area (Å²) in [5.41, 5.74) is 4.99. The molecule has 1 heterocycles. The summed E-state index contributed by atoms with van der Waals surface area (Å²) in [4.78, 5) is 24.0. The summed E-state index contributed by atoms with van der Waals surface area (Å²) < 4.78 is 10.7. The zero-order valence-corrected chi connectivity index (χ0v) is 19.9. The van der Waals surface area contributed by atoms with E-state index in [9.17, 15) is 14.7 Å². The Balaban J connectivity index is 1.25. The summed E-state index contributed by atoms with van der Waals surface area (Å²) in [5.74, 6) is -0.274. The number of carbonyl (C=O) groups excluding carboxylic acids is 1. The standard InChI is InChI=1S/C29H26N2O5/c1-19-25(30-28(34)35-18-15-20-5-3-2-4-6-20)26(31-36-19)23-9-7-21(8-10-23)22-11-13-24(14-12-22)29(16-17-29)27(32)33/h2-14H,15-18H2,1H3,(H,30,34)(H,32,33). The van der Waals surface area contributed by atoms with Crippen LogP contribution in [0.3, 0.4) is 0 Å². The van der Waals surface area contributed by atoms with Crippen molar-refractivity contribution in [3.05, 3.63) is 95.7 Å². The molecular weight excluding hydrogens is 456 g/mol. The molecule has 1 saturated carbocycles.